The lowest BCUT2D eigenvalue weighted by molar-refractivity contribution is -0.116. The van der Waals surface area contributed by atoms with Crippen molar-refractivity contribution in [3.8, 4) is 0 Å². The van der Waals surface area contributed by atoms with Crippen LogP contribution in [0.15, 0.2) is 51.1 Å². The Bertz CT molecular complexity index is 873. The van der Waals surface area contributed by atoms with Crippen molar-refractivity contribution in [1.82, 2.24) is 5.32 Å². The summed E-state index contributed by atoms with van der Waals surface area (Å²) in [6, 6.07) is 1.69. The van der Waals surface area contributed by atoms with Gasteiger partial charge in [0.2, 0.25) is 5.91 Å². The number of aryl methyl sites for hydroxylation is 2. The summed E-state index contributed by atoms with van der Waals surface area (Å²) in [6.45, 7) is 9.79. The molecule has 130 valence electrons. The largest absolute Gasteiger partial charge is 0.466 e. The zero-order valence-electron chi connectivity index (χ0n) is 15.1. The first kappa shape index (κ1) is 17.1. The maximum absolute atomic E-state index is 12.4. The van der Waals surface area contributed by atoms with E-state index in [1.807, 2.05) is 12.2 Å². The molecule has 2 aliphatic rings. The number of rotatable bonds is 1. The van der Waals surface area contributed by atoms with Gasteiger partial charge in [0, 0.05) is 17.7 Å². The highest BCUT2D eigenvalue weighted by atomic mass is 16.3. The van der Waals surface area contributed by atoms with E-state index in [4.69, 9.17) is 4.42 Å². The van der Waals surface area contributed by atoms with Crippen molar-refractivity contribution >= 4 is 17.5 Å². The third-order valence-corrected chi connectivity index (χ3v) is 4.36. The Labute approximate surface area is 147 Å². The van der Waals surface area contributed by atoms with E-state index >= 15 is 0 Å². The molecule has 1 aliphatic carbocycles. The zero-order valence-corrected chi connectivity index (χ0v) is 15.1. The van der Waals surface area contributed by atoms with Gasteiger partial charge in [-0.3, -0.25) is 9.59 Å². The third kappa shape index (κ3) is 3.40. The van der Waals surface area contributed by atoms with Crippen LogP contribution in [0.2, 0.25) is 0 Å². The number of hydrogen-bond acceptors (Lipinski definition) is 3. The number of nitrogens with one attached hydrogen (secondary N) is 1. The first-order chi connectivity index (χ1) is 11.6. The summed E-state index contributed by atoms with van der Waals surface area (Å²) >= 11 is 0. The van der Waals surface area contributed by atoms with Gasteiger partial charge in [-0.1, -0.05) is 26.8 Å². The summed E-state index contributed by atoms with van der Waals surface area (Å²) in [5.74, 6) is 0.747. The minimum absolute atomic E-state index is 0.00431. The van der Waals surface area contributed by atoms with E-state index in [1.54, 1.807) is 32.1 Å². The Balaban J connectivity index is 1.92. The summed E-state index contributed by atoms with van der Waals surface area (Å²) in [5.41, 5.74) is 2.66. The van der Waals surface area contributed by atoms with E-state index in [0.717, 1.165) is 11.3 Å². The van der Waals surface area contributed by atoms with Crippen molar-refractivity contribution in [2.45, 2.75) is 34.6 Å². The molecule has 5 heteroatoms. The Morgan fingerprint density at radius 3 is 2.56 bits per heavy atom. The van der Waals surface area contributed by atoms with Crippen molar-refractivity contribution in [1.29, 1.82) is 0 Å². The fourth-order valence-electron chi connectivity index (χ4n) is 3.16. The number of aliphatic imine (C=N–C) groups is 1. The fourth-order valence-corrected chi connectivity index (χ4v) is 3.16. The maximum atomic E-state index is 12.4. The van der Waals surface area contributed by atoms with Crippen LogP contribution in [0.3, 0.4) is 0 Å². The van der Waals surface area contributed by atoms with Crippen LogP contribution in [-0.4, -0.2) is 17.5 Å². The molecule has 0 spiro atoms. The van der Waals surface area contributed by atoms with Gasteiger partial charge in [-0.2, -0.15) is 0 Å². The lowest BCUT2D eigenvalue weighted by Crippen LogP contribution is -2.36. The Morgan fingerprint density at radius 2 is 1.96 bits per heavy atom. The summed E-state index contributed by atoms with van der Waals surface area (Å²) < 4.78 is 5.39. The molecule has 2 heterocycles. The molecule has 0 bridgehead atoms. The summed E-state index contributed by atoms with van der Waals surface area (Å²) in [4.78, 5) is 28.6. The molecule has 1 unspecified atom stereocenters. The second-order valence-electron chi connectivity index (χ2n) is 7.44. The van der Waals surface area contributed by atoms with E-state index in [-0.39, 0.29) is 23.1 Å². The van der Waals surface area contributed by atoms with Gasteiger partial charge in [0.1, 0.15) is 11.5 Å². The number of amides is 2. The summed E-state index contributed by atoms with van der Waals surface area (Å²) in [6.07, 6.45) is 7.23. The first-order valence-corrected chi connectivity index (χ1v) is 8.28. The third-order valence-electron chi connectivity index (χ3n) is 4.36. The number of fused-ring (bicyclic) bond motifs is 1. The molecule has 5 nitrogen and oxygen atoms in total. The number of nitrogens with zero attached hydrogens (tertiary/aromatic N) is 1. The minimum atomic E-state index is -0.349. The Morgan fingerprint density at radius 1 is 1.24 bits per heavy atom. The molecule has 3 rings (SSSR count). The molecule has 0 saturated carbocycles. The minimum Gasteiger partial charge on any atom is -0.466 e. The molecular formula is C20H22N2O3. The van der Waals surface area contributed by atoms with Crippen molar-refractivity contribution in [2.24, 2.45) is 16.3 Å². The second-order valence-corrected chi connectivity index (χ2v) is 7.44. The number of hydrogen-bond donors (Lipinski definition) is 1. The predicted octanol–water partition coefficient (Wildman–Crippen LogP) is 3.65. The highest BCUT2D eigenvalue weighted by Crippen LogP contribution is 2.38. The van der Waals surface area contributed by atoms with E-state index in [2.05, 4.69) is 31.1 Å². The molecule has 25 heavy (non-hydrogen) atoms. The van der Waals surface area contributed by atoms with Crippen molar-refractivity contribution in [3.63, 3.8) is 0 Å². The van der Waals surface area contributed by atoms with E-state index in [1.165, 1.54) is 0 Å². The van der Waals surface area contributed by atoms with Gasteiger partial charge in [-0.05, 0) is 43.1 Å². The molecule has 1 aromatic rings. The smallest absolute Gasteiger partial charge is 0.281 e. The monoisotopic (exact) mass is 338 g/mol. The SMILES string of the molecule is Cc1cc(C(=O)N=C2C=CC3C(=C2)NC(=O)C=C3C(C)(C)C)c(C)o1. The molecule has 0 aromatic carbocycles. The molecule has 1 aromatic heterocycles. The molecule has 1 atom stereocenters. The van der Waals surface area contributed by atoms with Gasteiger partial charge < -0.3 is 9.73 Å². The highest BCUT2D eigenvalue weighted by Gasteiger charge is 2.32. The maximum Gasteiger partial charge on any atom is 0.281 e. The summed E-state index contributed by atoms with van der Waals surface area (Å²) in [5, 5.41) is 2.86. The van der Waals surface area contributed by atoms with Gasteiger partial charge in [0.15, 0.2) is 0 Å². The normalized spacial score (nSPS) is 21.6. The van der Waals surface area contributed by atoms with Gasteiger partial charge in [-0.25, -0.2) is 4.99 Å². The van der Waals surface area contributed by atoms with Crippen molar-refractivity contribution in [2.75, 3.05) is 0 Å². The molecular weight excluding hydrogens is 316 g/mol. The first-order valence-electron chi connectivity index (χ1n) is 8.28. The summed E-state index contributed by atoms with van der Waals surface area (Å²) in [7, 11) is 0. The van der Waals surface area contributed by atoms with Crippen LogP contribution in [0.5, 0.6) is 0 Å². The van der Waals surface area contributed by atoms with Crippen LogP contribution in [0.4, 0.5) is 0 Å². The van der Waals surface area contributed by atoms with E-state index in [9.17, 15) is 9.59 Å². The van der Waals surface area contributed by atoms with Crippen LogP contribution >= 0.6 is 0 Å². The topological polar surface area (TPSA) is 71.7 Å². The Hall–Kier alpha value is -2.69. The molecule has 2 amide bonds. The van der Waals surface area contributed by atoms with Crippen LogP contribution in [0, 0.1) is 25.2 Å². The average molecular weight is 338 g/mol. The second kappa shape index (κ2) is 5.99. The number of allylic oxidation sites excluding steroid dienone is 3. The van der Waals surface area contributed by atoms with E-state index < -0.39 is 0 Å². The average Bonchev–Trinajstić information content (AvgIpc) is 2.84. The number of carbonyl (C=O) groups excluding carboxylic acids is 2. The van der Waals surface area contributed by atoms with Crippen LogP contribution in [0.1, 0.15) is 42.6 Å². The van der Waals surface area contributed by atoms with Gasteiger partial charge in [-0.15, -0.1) is 0 Å². The standard InChI is InChI=1S/C20H22N2O3/c1-11-8-15(12(2)25-11)19(24)21-13-6-7-14-16(20(3,4)5)10-18(23)22-17(14)9-13/h6-10,14H,1-5H3,(H,22,23). The molecule has 0 radical (unpaired) electrons. The predicted molar refractivity (Wildman–Crippen MR) is 96.3 cm³/mol. The van der Waals surface area contributed by atoms with Gasteiger partial charge in [0.25, 0.3) is 5.91 Å². The molecule has 1 aliphatic heterocycles. The van der Waals surface area contributed by atoms with Gasteiger partial charge >= 0.3 is 0 Å². The fraction of sp³-hybridized carbons (Fsp3) is 0.350. The molecule has 0 saturated heterocycles. The van der Waals surface area contributed by atoms with Crippen molar-refractivity contribution in [3.05, 3.63) is 58.7 Å². The van der Waals surface area contributed by atoms with Gasteiger partial charge in [0.05, 0.1) is 11.3 Å². The molecule has 0 fully saturated rings. The van der Waals surface area contributed by atoms with Crippen molar-refractivity contribution < 1.29 is 14.0 Å². The number of carbonyl (C=O) groups is 2. The lowest BCUT2D eigenvalue weighted by atomic mass is 9.74. The van der Waals surface area contributed by atoms with E-state index in [0.29, 0.717) is 22.8 Å². The zero-order chi connectivity index (χ0) is 18.4. The Kier molecular flexibility index (Phi) is 4.11. The van der Waals surface area contributed by atoms with Crippen LogP contribution < -0.4 is 5.32 Å². The van der Waals surface area contributed by atoms with Crippen LogP contribution in [-0.2, 0) is 4.79 Å². The quantitative estimate of drug-likeness (QED) is 0.849. The lowest BCUT2D eigenvalue weighted by Gasteiger charge is -2.34. The highest BCUT2D eigenvalue weighted by molar-refractivity contribution is 6.14. The van der Waals surface area contributed by atoms with Crippen LogP contribution in [0.25, 0.3) is 0 Å². The number of furan rings is 1. The molecule has 1 N–H and O–H groups in total.